The summed E-state index contributed by atoms with van der Waals surface area (Å²) in [7, 11) is 0. The number of rotatable bonds is 2. The summed E-state index contributed by atoms with van der Waals surface area (Å²) >= 11 is 0. The van der Waals surface area contributed by atoms with Crippen molar-refractivity contribution < 1.29 is 0 Å². The van der Waals surface area contributed by atoms with Crippen molar-refractivity contribution >= 4 is 12.4 Å². The number of nitrogens with zero attached hydrogens (tertiary/aromatic N) is 3. The number of imidazole rings is 1. The first kappa shape index (κ1) is 12.6. The summed E-state index contributed by atoms with van der Waals surface area (Å²) in [6.07, 6.45) is 7.33. The van der Waals surface area contributed by atoms with E-state index >= 15 is 0 Å². The highest BCUT2D eigenvalue weighted by Gasteiger charge is 2.18. The van der Waals surface area contributed by atoms with E-state index in [-0.39, 0.29) is 5.66 Å². The van der Waals surface area contributed by atoms with E-state index in [0.29, 0.717) is 0 Å². The smallest absolute Gasteiger partial charge is 0.147 e. The van der Waals surface area contributed by atoms with Gasteiger partial charge in [0.25, 0.3) is 0 Å². The molecule has 0 atom stereocenters. The standard InChI is InChI=1S/2C6H10N2/c1-3-6(2)7-4-5-8-6;1-3-6-7-4-5(2)8-6/h4-5H,3H2,1-2H3;4H,3H2,1-2H3,(H,7,8). The normalized spacial score (nSPS) is 16.0. The molecular weight excluding hydrogens is 200 g/mol. The van der Waals surface area contributed by atoms with Gasteiger partial charge in [0.05, 0.1) is 0 Å². The molecule has 0 unspecified atom stereocenters. The average molecular weight is 220 g/mol. The number of H-pyrrole nitrogens is 1. The second-order valence-electron chi connectivity index (χ2n) is 3.99. The Balaban J connectivity index is 0.000000160. The fourth-order valence-corrected chi connectivity index (χ4v) is 1.25. The predicted octanol–water partition coefficient (Wildman–Crippen LogP) is 2.55. The summed E-state index contributed by atoms with van der Waals surface area (Å²) in [5, 5.41) is 0. The maximum atomic E-state index is 4.14. The van der Waals surface area contributed by atoms with Crippen LogP contribution in [0.2, 0.25) is 0 Å². The Morgan fingerprint density at radius 1 is 1.25 bits per heavy atom. The number of nitrogens with one attached hydrogen (secondary N) is 1. The Morgan fingerprint density at radius 2 is 1.88 bits per heavy atom. The zero-order valence-electron chi connectivity index (χ0n) is 10.5. The molecule has 1 aromatic heterocycles. The highest BCUT2D eigenvalue weighted by molar-refractivity contribution is 6.17. The van der Waals surface area contributed by atoms with E-state index in [1.54, 1.807) is 12.4 Å². The van der Waals surface area contributed by atoms with E-state index in [2.05, 4.69) is 33.8 Å². The zero-order chi connectivity index (χ0) is 12.0. The summed E-state index contributed by atoms with van der Waals surface area (Å²) in [6.45, 7) is 8.19. The largest absolute Gasteiger partial charge is 0.346 e. The summed E-state index contributed by atoms with van der Waals surface area (Å²) in [6, 6.07) is 0. The van der Waals surface area contributed by atoms with Crippen LogP contribution < -0.4 is 0 Å². The minimum Gasteiger partial charge on any atom is -0.346 e. The van der Waals surface area contributed by atoms with Crippen LogP contribution in [0, 0.1) is 6.92 Å². The van der Waals surface area contributed by atoms with Crippen LogP contribution in [0.5, 0.6) is 0 Å². The summed E-state index contributed by atoms with van der Waals surface area (Å²) in [5.41, 5.74) is 1.02. The van der Waals surface area contributed by atoms with Crippen LogP contribution in [0.4, 0.5) is 0 Å². The predicted molar refractivity (Wildman–Crippen MR) is 68.4 cm³/mol. The van der Waals surface area contributed by atoms with Crippen molar-refractivity contribution in [2.45, 2.75) is 46.2 Å². The Bertz CT molecular complexity index is 364. The molecule has 0 aliphatic carbocycles. The molecule has 0 spiro atoms. The Labute approximate surface area is 96.9 Å². The summed E-state index contributed by atoms with van der Waals surface area (Å²) < 4.78 is 0. The number of aromatic nitrogens is 2. The minimum atomic E-state index is -0.125. The van der Waals surface area contributed by atoms with Crippen LogP contribution in [-0.2, 0) is 6.42 Å². The first-order valence-corrected chi connectivity index (χ1v) is 5.69. The van der Waals surface area contributed by atoms with Crippen LogP contribution >= 0.6 is 0 Å². The molecule has 2 heterocycles. The Morgan fingerprint density at radius 3 is 2.12 bits per heavy atom. The van der Waals surface area contributed by atoms with E-state index in [1.807, 2.05) is 20.0 Å². The van der Waals surface area contributed by atoms with Gasteiger partial charge < -0.3 is 4.98 Å². The third kappa shape index (κ3) is 3.61. The molecule has 0 bridgehead atoms. The molecule has 4 nitrogen and oxygen atoms in total. The number of aromatic amines is 1. The van der Waals surface area contributed by atoms with E-state index in [4.69, 9.17) is 0 Å². The third-order valence-corrected chi connectivity index (χ3v) is 2.53. The van der Waals surface area contributed by atoms with Crippen molar-refractivity contribution in [2.75, 3.05) is 0 Å². The maximum absolute atomic E-state index is 4.14. The van der Waals surface area contributed by atoms with Gasteiger partial charge in [-0.2, -0.15) is 0 Å². The lowest BCUT2D eigenvalue weighted by Gasteiger charge is -2.12. The second-order valence-corrected chi connectivity index (χ2v) is 3.99. The number of aryl methyl sites for hydroxylation is 2. The van der Waals surface area contributed by atoms with Crippen molar-refractivity contribution in [1.29, 1.82) is 0 Å². The Kier molecular flexibility index (Phi) is 4.40. The van der Waals surface area contributed by atoms with Crippen LogP contribution in [0.15, 0.2) is 16.2 Å². The number of aliphatic imine (C=N–C) groups is 2. The number of hydrogen-bond donors (Lipinski definition) is 1. The molecule has 0 aromatic carbocycles. The van der Waals surface area contributed by atoms with Crippen molar-refractivity contribution in [2.24, 2.45) is 9.98 Å². The van der Waals surface area contributed by atoms with Gasteiger partial charge in [-0.1, -0.05) is 13.8 Å². The van der Waals surface area contributed by atoms with E-state index < -0.39 is 0 Å². The molecule has 0 saturated heterocycles. The summed E-state index contributed by atoms with van der Waals surface area (Å²) in [5.74, 6) is 1.07. The van der Waals surface area contributed by atoms with Gasteiger partial charge in [-0.3, -0.25) is 9.98 Å². The first-order valence-electron chi connectivity index (χ1n) is 5.69. The van der Waals surface area contributed by atoms with Crippen molar-refractivity contribution in [3.63, 3.8) is 0 Å². The third-order valence-electron chi connectivity index (χ3n) is 2.53. The minimum absolute atomic E-state index is 0.125. The second kappa shape index (κ2) is 5.58. The quantitative estimate of drug-likeness (QED) is 0.818. The first-order chi connectivity index (χ1) is 7.59. The van der Waals surface area contributed by atoms with E-state index in [9.17, 15) is 0 Å². The van der Waals surface area contributed by atoms with Gasteiger partial charge in [0.15, 0.2) is 0 Å². The van der Waals surface area contributed by atoms with Crippen molar-refractivity contribution in [1.82, 2.24) is 9.97 Å². The van der Waals surface area contributed by atoms with Gasteiger partial charge in [0, 0.05) is 30.7 Å². The molecule has 1 aliphatic rings. The molecule has 1 aliphatic heterocycles. The molecule has 4 heteroatoms. The summed E-state index contributed by atoms with van der Waals surface area (Å²) in [4.78, 5) is 15.5. The zero-order valence-corrected chi connectivity index (χ0v) is 10.5. The monoisotopic (exact) mass is 220 g/mol. The lowest BCUT2D eigenvalue weighted by molar-refractivity contribution is 0.492. The molecule has 2 rings (SSSR count). The van der Waals surface area contributed by atoms with Gasteiger partial charge in [-0.05, 0) is 20.3 Å². The lowest BCUT2D eigenvalue weighted by Crippen LogP contribution is -2.13. The molecule has 0 saturated carbocycles. The van der Waals surface area contributed by atoms with Crippen LogP contribution in [0.1, 0.15) is 38.7 Å². The van der Waals surface area contributed by atoms with Gasteiger partial charge in [-0.25, -0.2) is 4.98 Å². The fraction of sp³-hybridized carbons (Fsp3) is 0.583. The van der Waals surface area contributed by atoms with Crippen LogP contribution in [0.25, 0.3) is 0 Å². The highest BCUT2D eigenvalue weighted by Crippen LogP contribution is 2.17. The highest BCUT2D eigenvalue weighted by atomic mass is 15.1. The average Bonchev–Trinajstić information content (AvgIpc) is 2.89. The van der Waals surface area contributed by atoms with Crippen LogP contribution in [0.3, 0.4) is 0 Å². The molecule has 16 heavy (non-hydrogen) atoms. The van der Waals surface area contributed by atoms with Gasteiger partial charge in [0.2, 0.25) is 0 Å². The van der Waals surface area contributed by atoms with Crippen molar-refractivity contribution in [3.8, 4) is 0 Å². The molecule has 88 valence electrons. The van der Waals surface area contributed by atoms with Gasteiger partial charge in [-0.15, -0.1) is 0 Å². The SMILES string of the molecule is CCC1(C)N=CC=N1.CCc1ncc(C)[nH]1. The molecule has 0 fully saturated rings. The van der Waals surface area contributed by atoms with Gasteiger partial charge in [0.1, 0.15) is 11.5 Å². The maximum Gasteiger partial charge on any atom is 0.147 e. The van der Waals surface area contributed by atoms with E-state index in [1.165, 1.54) is 0 Å². The molecule has 0 amide bonds. The molecule has 1 aromatic rings. The number of hydrogen-bond acceptors (Lipinski definition) is 3. The fourth-order valence-electron chi connectivity index (χ4n) is 1.25. The molecule has 0 radical (unpaired) electrons. The van der Waals surface area contributed by atoms with Crippen LogP contribution in [-0.4, -0.2) is 28.1 Å². The van der Waals surface area contributed by atoms with Crippen molar-refractivity contribution in [3.05, 3.63) is 17.7 Å². The van der Waals surface area contributed by atoms with Gasteiger partial charge >= 0.3 is 0 Å². The molecular formula is C12H20N4. The lowest BCUT2D eigenvalue weighted by atomic mass is 10.2. The Hall–Kier alpha value is -1.45. The topological polar surface area (TPSA) is 53.4 Å². The van der Waals surface area contributed by atoms with E-state index in [0.717, 1.165) is 24.4 Å². The molecule has 1 N–H and O–H groups in total.